The molecule has 0 unspecified atom stereocenters. The number of nitrogens with zero attached hydrogens (tertiary/aromatic N) is 4. The van der Waals surface area contributed by atoms with Gasteiger partial charge in [0.2, 0.25) is 0 Å². The minimum absolute atomic E-state index is 0.658. The van der Waals surface area contributed by atoms with Gasteiger partial charge in [-0.2, -0.15) is 5.10 Å². The molecule has 2 heterocycles. The van der Waals surface area contributed by atoms with E-state index >= 15 is 0 Å². The van der Waals surface area contributed by atoms with Crippen LogP contribution in [-0.4, -0.2) is 19.7 Å². The molecule has 6 heteroatoms. The fourth-order valence-electron chi connectivity index (χ4n) is 3.44. The summed E-state index contributed by atoms with van der Waals surface area (Å²) in [5.74, 6) is 0.722. The van der Waals surface area contributed by atoms with Gasteiger partial charge in [-0.05, 0) is 17.7 Å². The predicted octanol–water partition coefficient (Wildman–Crippen LogP) is 4.35. The third-order valence-electron chi connectivity index (χ3n) is 4.82. The first-order valence-electron chi connectivity index (χ1n) is 9.04. The Hall–Kier alpha value is -3.93. The van der Waals surface area contributed by atoms with Crippen LogP contribution in [0, 0.1) is 0 Å². The molecule has 0 spiro atoms. The fourth-order valence-corrected chi connectivity index (χ4v) is 3.44. The summed E-state index contributed by atoms with van der Waals surface area (Å²) in [6.07, 6.45) is 3.37. The molecule has 0 amide bonds. The SMILES string of the molecule is Nc1cccc2c(Nc3ncnc4c3cnn4Cc3ccccc3)cccc12. The molecule has 136 valence electrons. The normalized spacial score (nSPS) is 11.1. The highest BCUT2D eigenvalue weighted by atomic mass is 15.3. The average Bonchev–Trinajstić information content (AvgIpc) is 3.13. The predicted molar refractivity (Wildman–Crippen MR) is 113 cm³/mol. The summed E-state index contributed by atoms with van der Waals surface area (Å²) in [4.78, 5) is 8.89. The zero-order chi connectivity index (χ0) is 18.9. The smallest absolute Gasteiger partial charge is 0.163 e. The van der Waals surface area contributed by atoms with Crippen molar-refractivity contribution in [1.82, 2.24) is 19.7 Å². The first-order chi connectivity index (χ1) is 13.8. The quantitative estimate of drug-likeness (QED) is 0.462. The van der Waals surface area contributed by atoms with Crippen LogP contribution in [0.1, 0.15) is 5.56 Å². The number of fused-ring (bicyclic) bond motifs is 2. The molecule has 0 bridgehead atoms. The number of anilines is 3. The zero-order valence-electron chi connectivity index (χ0n) is 15.1. The van der Waals surface area contributed by atoms with E-state index in [2.05, 4.69) is 32.5 Å². The second-order valence-electron chi connectivity index (χ2n) is 6.62. The van der Waals surface area contributed by atoms with Crippen molar-refractivity contribution in [3.63, 3.8) is 0 Å². The van der Waals surface area contributed by atoms with E-state index in [1.165, 1.54) is 5.56 Å². The number of hydrogen-bond acceptors (Lipinski definition) is 5. The monoisotopic (exact) mass is 366 g/mol. The molecule has 0 aliphatic rings. The minimum Gasteiger partial charge on any atom is -0.398 e. The molecule has 0 aliphatic carbocycles. The molecule has 0 atom stereocenters. The van der Waals surface area contributed by atoms with E-state index in [0.29, 0.717) is 6.54 Å². The maximum Gasteiger partial charge on any atom is 0.163 e. The number of nitrogens with one attached hydrogen (secondary N) is 1. The molecule has 28 heavy (non-hydrogen) atoms. The van der Waals surface area contributed by atoms with Crippen LogP contribution in [0.25, 0.3) is 21.8 Å². The van der Waals surface area contributed by atoms with Gasteiger partial charge < -0.3 is 11.1 Å². The maximum absolute atomic E-state index is 6.12. The molecule has 2 aromatic heterocycles. The van der Waals surface area contributed by atoms with E-state index in [1.807, 2.05) is 59.3 Å². The third-order valence-corrected chi connectivity index (χ3v) is 4.82. The van der Waals surface area contributed by atoms with Gasteiger partial charge in [0.1, 0.15) is 12.1 Å². The van der Waals surface area contributed by atoms with Gasteiger partial charge in [-0.25, -0.2) is 14.6 Å². The van der Waals surface area contributed by atoms with Crippen LogP contribution in [0.2, 0.25) is 0 Å². The van der Waals surface area contributed by atoms with Gasteiger partial charge in [0.25, 0.3) is 0 Å². The van der Waals surface area contributed by atoms with Crippen LogP contribution >= 0.6 is 0 Å². The lowest BCUT2D eigenvalue weighted by atomic mass is 10.1. The van der Waals surface area contributed by atoms with Gasteiger partial charge in [-0.3, -0.25) is 0 Å². The molecule has 3 N–H and O–H groups in total. The Morgan fingerprint density at radius 3 is 2.54 bits per heavy atom. The number of nitrogen functional groups attached to an aromatic ring is 1. The largest absolute Gasteiger partial charge is 0.398 e. The number of rotatable bonds is 4. The van der Waals surface area contributed by atoms with Crippen LogP contribution in [-0.2, 0) is 6.54 Å². The number of aromatic nitrogens is 4. The van der Waals surface area contributed by atoms with Gasteiger partial charge in [-0.1, -0.05) is 54.6 Å². The molecule has 0 radical (unpaired) electrons. The van der Waals surface area contributed by atoms with E-state index in [9.17, 15) is 0 Å². The minimum atomic E-state index is 0.658. The van der Waals surface area contributed by atoms with Crippen molar-refractivity contribution in [3.05, 3.63) is 84.8 Å². The van der Waals surface area contributed by atoms with Crippen molar-refractivity contribution in [2.45, 2.75) is 6.54 Å². The van der Waals surface area contributed by atoms with Crippen LogP contribution in [0.3, 0.4) is 0 Å². The van der Waals surface area contributed by atoms with Crippen molar-refractivity contribution >= 4 is 39.0 Å². The molecule has 0 saturated carbocycles. The highest BCUT2D eigenvalue weighted by Crippen LogP contribution is 2.31. The molecule has 0 aliphatic heterocycles. The summed E-state index contributed by atoms with van der Waals surface area (Å²) in [7, 11) is 0. The van der Waals surface area contributed by atoms with E-state index in [1.54, 1.807) is 12.5 Å². The van der Waals surface area contributed by atoms with Crippen LogP contribution < -0.4 is 11.1 Å². The van der Waals surface area contributed by atoms with E-state index in [-0.39, 0.29) is 0 Å². The third kappa shape index (κ3) is 2.81. The Labute approximate surface area is 161 Å². The molecule has 5 rings (SSSR count). The first kappa shape index (κ1) is 16.3. The summed E-state index contributed by atoms with van der Waals surface area (Å²) in [6, 6.07) is 22.1. The number of nitrogens with two attached hydrogens (primary N) is 1. The summed E-state index contributed by atoms with van der Waals surface area (Å²) < 4.78 is 1.89. The Morgan fingerprint density at radius 1 is 0.821 bits per heavy atom. The lowest BCUT2D eigenvalue weighted by Crippen LogP contribution is -2.03. The zero-order valence-corrected chi connectivity index (χ0v) is 15.1. The maximum atomic E-state index is 6.12. The van der Waals surface area contributed by atoms with Crippen molar-refractivity contribution in [2.24, 2.45) is 0 Å². The molecule has 5 aromatic rings. The fraction of sp³-hybridized carbons (Fsp3) is 0.0455. The highest BCUT2D eigenvalue weighted by molar-refractivity contribution is 6.02. The second kappa shape index (κ2) is 6.66. The van der Waals surface area contributed by atoms with Crippen molar-refractivity contribution in [3.8, 4) is 0 Å². The van der Waals surface area contributed by atoms with Gasteiger partial charge in [0, 0.05) is 22.1 Å². The average molecular weight is 366 g/mol. The number of hydrogen-bond donors (Lipinski definition) is 2. The lowest BCUT2D eigenvalue weighted by molar-refractivity contribution is 0.704. The van der Waals surface area contributed by atoms with Crippen LogP contribution in [0.4, 0.5) is 17.2 Å². The topological polar surface area (TPSA) is 81.7 Å². The summed E-state index contributed by atoms with van der Waals surface area (Å²) in [5.41, 5.74) is 9.78. The van der Waals surface area contributed by atoms with Gasteiger partial charge in [0.15, 0.2) is 5.65 Å². The first-order valence-corrected chi connectivity index (χ1v) is 9.04. The molecule has 0 fully saturated rings. The van der Waals surface area contributed by atoms with E-state index in [4.69, 9.17) is 5.73 Å². The molecule has 6 nitrogen and oxygen atoms in total. The van der Waals surface area contributed by atoms with Crippen molar-refractivity contribution < 1.29 is 0 Å². The Balaban J connectivity index is 1.55. The number of benzene rings is 3. The molecule has 3 aromatic carbocycles. The molecular formula is C22H18N6. The Kier molecular flexibility index (Phi) is 3.87. The lowest BCUT2D eigenvalue weighted by Gasteiger charge is -2.11. The van der Waals surface area contributed by atoms with Crippen LogP contribution in [0.15, 0.2) is 79.3 Å². The van der Waals surface area contributed by atoms with E-state index < -0.39 is 0 Å². The van der Waals surface area contributed by atoms with Gasteiger partial charge in [-0.15, -0.1) is 0 Å². The van der Waals surface area contributed by atoms with Gasteiger partial charge in [0.05, 0.1) is 18.1 Å². The molecule has 0 saturated heterocycles. The Morgan fingerprint density at radius 2 is 1.64 bits per heavy atom. The molecular weight excluding hydrogens is 348 g/mol. The van der Waals surface area contributed by atoms with Crippen LogP contribution in [0.5, 0.6) is 0 Å². The summed E-state index contributed by atoms with van der Waals surface area (Å²) >= 11 is 0. The van der Waals surface area contributed by atoms with E-state index in [0.717, 1.165) is 39.0 Å². The summed E-state index contributed by atoms with van der Waals surface area (Å²) in [6.45, 7) is 0.658. The Bertz CT molecular complexity index is 1280. The van der Waals surface area contributed by atoms with Crippen molar-refractivity contribution in [2.75, 3.05) is 11.1 Å². The summed E-state index contributed by atoms with van der Waals surface area (Å²) in [5, 5.41) is 10.9. The highest BCUT2D eigenvalue weighted by Gasteiger charge is 2.12. The second-order valence-corrected chi connectivity index (χ2v) is 6.62. The van der Waals surface area contributed by atoms with Crippen molar-refractivity contribution in [1.29, 1.82) is 0 Å². The standard InChI is InChI=1S/C22H18N6/c23-19-10-4-9-17-16(19)8-5-11-20(17)27-21-18-12-26-28(22(18)25-14-24-21)13-15-6-2-1-3-7-15/h1-12,14H,13,23H2,(H,24,25,27). The van der Waals surface area contributed by atoms with Gasteiger partial charge >= 0.3 is 0 Å².